The van der Waals surface area contributed by atoms with E-state index in [4.69, 9.17) is 9.47 Å². The van der Waals surface area contributed by atoms with Gasteiger partial charge in [0.2, 0.25) is 17.4 Å². The minimum Gasteiger partial charge on any atom is -0.470 e. The van der Waals surface area contributed by atoms with Gasteiger partial charge in [0.1, 0.15) is 0 Å². The van der Waals surface area contributed by atoms with Crippen LogP contribution in [0.2, 0.25) is 0 Å². The van der Waals surface area contributed by atoms with Gasteiger partial charge in [-0.2, -0.15) is 0 Å². The van der Waals surface area contributed by atoms with Crippen molar-refractivity contribution in [2.75, 3.05) is 0 Å². The third-order valence-corrected chi connectivity index (χ3v) is 3.54. The lowest BCUT2D eigenvalue weighted by Gasteiger charge is -2.24. The fourth-order valence-corrected chi connectivity index (χ4v) is 2.94. The van der Waals surface area contributed by atoms with Gasteiger partial charge in [-0.15, -0.1) is 0 Å². The molecule has 2 unspecified atom stereocenters. The summed E-state index contributed by atoms with van der Waals surface area (Å²) in [6.07, 6.45) is 4.19. The smallest absolute Gasteiger partial charge is 0.211 e. The Labute approximate surface area is 87.2 Å². The van der Waals surface area contributed by atoms with Gasteiger partial charge in [-0.25, -0.2) is 0 Å². The molecule has 4 nitrogen and oxygen atoms in total. The Morgan fingerprint density at radius 1 is 1.33 bits per heavy atom. The van der Waals surface area contributed by atoms with Crippen molar-refractivity contribution in [1.82, 2.24) is 0 Å². The van der Waals surface area contributed by atoms with Crippen LogP contribution in [0, 0.1) is 11.8 Å². The summed E-state index contributed by atoms with van der Waals surface area (Å²) in [4.78, 5) is 23.1. The normalized spacial score (nSPS) is 47.1. The quantitative estimate of drug-likeness (QED) is 0.497. The second kappa shape index (κ2) is 2.70. The van der Waals surface area contributed by atoms with E-state index < -0.39 is 5.79 Å². The summed E-state index contributed by atoms with van der Waals surface area (Å²) in [6.45, 7) is 1.85. The molecule has 4 heteroatoms. The van der Waals surface area contributed by atoms with Gasteiger partial charge in [0.25, 0.3) is 0 Å². The van der Waals surface area contributed by atoms with E-state index in [-0.39, 0.29) is 29.5 Å². The van der Waals surface area contributed by atoms with Crippen molar-refractivity contribution in [2.45, 2.75) is 31.7 Å². The summed E-state index contributed by atoms with van der Waals surface area (Å²) in [7, 11) is 0. The molecule has 3 rings (SSSR count). The summed E-state index contributed by atoms with van der Waals surface area (Å²) in [5.74, 6) is -1.71. The number of hydrogen-bond acceptors (Lipinski definition) is 4. The predicted octanol–water partition coefficient (Wildman–Crippen LogP) is 0.810. The Morgan fingerprint density at radius 3 is 2.40 bits per heavy atom. The molecule has 0 aromatic carbocycles. The van der Waals surface area contributed by atoms with Gasteiger partial charge in [0.05, 0.1) is 24.2 Å². The molecule has 0 amide bonds. The molecule has 2 heterocycles. The van der Waals surface area contributed by atoms with E-state index in [1.807, 2.05) is 6.92 Å². The van der Waals surface area contributed by atoms with Crippen molar-refractivity contribution in [2.24, 2.45) is 11.8 Å². The summed E-state index contributed by atoms with van der Waals surface area (Å²) >= 11 is 0. The molecular formula is C11H12O4. The molecule has 2 bridgehead atoms. The summed E-state index contributed by atoms with van der Waals surface area (Å²) in [6, 6.07) is 0. The minimum atomic E-state index is -0.700. The molecular weight excluding hydrogens is 196 g/mol. The first-order valence-electron chi connectivity index (χ1n) is 5.22. The molecule has 0 N–H and O–H groups in total. The molecule has 80 valence electrons. The fourth-order valence-electron chi connectivity index (χ4n) is 2.94. The number of carbonyl (C=O) groups excluding carboxylic acids is 2. The average molecular weight is 208 g/mol. The summed E-state index contributed by atoms with van der Waals surface area (Å²) in [5.41, 5.74) is 0. The number of hydrogen-bond donors (Lipinski definition) is 0. The van der Waals surface area contributed by atoms with Gasteiger partial charge in [0.15, 0.2) is 0 Å². The van der Waals surface area contributed by atoms with Gasteiger partial charge in [-0.05, 0) is 6.92 Å². The van der Waals surface area contributed by atoms with E-state index in [0.717, 1.165) is 0 Å². The summed E-state index contributed by atoms with van der Waals surface area (Å²) < 4.78 is 11.2. The van der Waals surface area contributed by atoms with Gasteiger partial charge in [0, 0.05) is 12.8 Å². The molecule has 2 atom stereocenters. The molecule has 0 aromatic rings. The van der Waals surface area contributed by atoms with Crippen LogP contribution in [0.25, 0.3) is 0 Å². The van der Waals surface area contributed by atoms with Crippen LogP contribution in [0.5, 0.6) is 0 Å². The highest BCUT2D eigenvalue weighted by molar-refractivity contribution is 6.41. The van der Waals surface area contributed by atoms with Gasteiger partial charge in [-0.3, -0.25) is 9.59 Å². The Hall–Kier alpha value is -1.16. The van der Waals surface area contributed by atoms with E-state index in [9.17, 15) is 9.59 Å². The third kappa shape index (κ3) is 1.00. The molecule has 2 saturated heterocycles. The SMILES string of the molecule is CC=COC12CC3C(=O)C(=O)C(C1)C3O2. The molecule has 15 heavy (non-hydrogen) atoms. The largest absolute Gasteiger partial charge is 0.470 e. The van der Waals surface area contributed by atoms with Crippen molar-refractivity contribution in [3.8, 4) is 0 Å². The zero-order valence-electron chi connectivity index (χ0n) is 8.43. The van der Waals surface area contributed by atoms with Crippen molar-refractivity contribution in [3.63, 3.8) is 0 Å². The number of carbonyl (C=O) groups is 2. The Kier molecular flexibility index (Phi) is 1.63. The van der Waals surface area contributed by atoms with Crippen LogP contribution in [-0.4, -0.2) is 23.5 Å². The van der Waals surface area contributed by atoms with E-state index in [2.05, 4.69) is 0 Å². The molecule has 0 aromatic heterocycles. The topological polar surface area (TPSA) is 52.6 Å². The van der Waals surface area contributed by atoms with Crippen LogP contribution in [-0.2, 0) is 19.1 Å². The number of fused-ring (bicyclic) bond motifs is 1. The van der Waals surface area contributed by atoms with Crippen LogP contribution in [0.3, 0.4) is 0 Å². The second-order valence-electron chi connectivity index (χ2n) is 4.43. The first-order chi connectivity index (χ1) is 7.17. The maximum atomic E-state index is 11.5. The number of ketones is 2. The van der Waals surface area contributed by atoms with Crippen LogP contribution >= 0.6 is 0 Å². The maximum Gasteiger partial charge on any atom is 0.211 e. The van der Waals surface area contributed by atoms with Gasteiger partial charge in [-0.1, -0.05) is 6.08 Å². The second-order valence-corrected chi connectivity index (χ2v) is 4.43. The molecule has 1 aliphatic carbocycles. The van der Waals surface area contributed by atoms with E-state index in [1.165, 1.54) is 0 Å². The lowest BCUT2D eigenvalue weighted by Crippen LogP contribution is -2.29. The standard InChI is InChI=1S/C11H12O4/c1-2-3-14-11-4-6-8(12)9(13)7(5-11)10(6)15-11/h2-3,6-7,10H,4-5H2,1H3. The lowest BCUT2D eigenvalue weighted by atomic mass is 9.87. The zero-order chi connectivity index (χ0) is 10.6. The average Bonchev–Trinajstić information content (AvgIpc) is 2.82. The van der Waals surface area contributed by atoms with Crippen LogP contribution in [0.4, 0.5) is 0 Å². The highest BCUT2D eigenvalue weighted by atomic mass is 16.7. The lowest BCUT2D eigenvalue weighted by molar-refractivity contribution is -0.162. The monoisotopic (exact) mass is 208 g/mol. The summed E-state index contributed by atoms with van der Waals surface area (Å²) in [5, 5.41) is 0. The van der Waals surface area contributed by atoms with Crippen LogP contribution in [0.15, 0.2) is 12.3 Å². The van der Waals surface area contributed by atoms with Crippen molar-refractivity contribution < 1.29 is 19.1 Å². The maximum absolute atomic E-state index is 11.5. The molecule has 0 radical (unpaired) electrons. The van der Waals surface area contributed by atoms with E-state index in [1.54, 1.807) is 12.3 Å². The molecule has 0 spiro atoms. The van der Waals surface area contributed by atoms with Gasteiger partial charge < -0.3 is 9.47 Å². The highest BCUT2D eigenvalue weighted by Gasteiger charge is 2.68. The third-order valence-electron chi connectivity index (χ3n) is 3.54. The fraction of sp³-hybridized carbons (Fsp3) is 0.636. The minimum absolute atomic E-state index is 0.213. The van der Waals surface area contributed by atoms with Crippen molar-refractivity contribution in [1.29, 1.82) is 0 Å². The number of allylic oxidation sites excluding steroid dienone is 1. The van der Waals surface area contributed by atoms with Crippen LogP contribution in [0.1, 0.15) is 19.8 Å². The Bertz CT molecular complexity index is 347. The highest BCUT2D eigenvalue weighted by Crippen LogP contribution is 2.55. The zero-order valence-corrected chi connectivity index (χ0v) is 8.43. The van der Waals surface area contributed by atoms with Crippen molar-refractivity contribution in [3.05, 3.63) is 12.3 Å². The Morgan fingerprint density at radius 2 is 1.93 bits per heavy atom. The first-order valence-corrected chi connectivity index (χ1v) is 5.22. The van der Waals surface area contributed by atoms with Crippen molar-refractivity contribution >= 4 is 11.6 Å². The molecule has 1 saturated carbocycles. The number of Topliss-reactive ketones (excluding diaryl/α,β-unsaturated/α-hetero) is 2. The van der Waals surface area contributed by atoms with Gasteiger partial charge >= 0.3 is 0 Å². The first kappa shape index (κ1) is 9.09. The molecule has 3 fully saturated rings. The molecule has 3 aliphatic rings. The van der Waals surface area contributed by atoms with E-state index >= 15 is 0 Å². The van der Waals surface area contributed by atoms with E-state index in [0.29, 0.717) is 12.8 Å². The Balaban J connectivity index is 1.90. The number of rotatable bonds is 2. The predicted molar refractivity (Wildman–Crippen MR) is 49.7 cm³/mol. The molecule has 2 aliphatic heterocycles. The number of ether oxygens (including phenoxy) is 2. The van der Waals surface area contributed by atoms with Crippen LogP contribution < -0.4 is 0 Å².